The van der Waals surface area contributed by atoms with E-state index in [-0.39, 0.29) is 0 Å². The Labute approximate surface area is 151 Å². The highest BCUT2D eigenvalue weighted by atomic mass is 14.9. The van der Waals surface area contributed by atoms with E-state index in [2.05, 4.69) is 75.9 Å². The van der Waals surface area contributed by atoms with Crippen molar-refractivity contribution in [1.29, 1.82) is 0 Å². The molecule has 0 atom stereocenters. The van der Waals surface area contributed by atoms with Crippen molar-refractivity contribution in [2.45, 2.75) is 0 Å². The van der Waals surface area contributed by atoms with Crippen LogP contribution in [0.15, 0.2) is 91.1 Å². The first-order chi connectivity index (χ1) is 12.9. The number of nitrogens with zero attached hydrogens (tertiary/aromatic N) is 1. The fourth-order valence-corrected chi connectivity index (χ4v) is 3.36. The number of H-pyrrole nitrogens is 1. The Balaban J connectivity index is 1.57. The molecule has 2 heterocycles. The number of fused-ring (bicyclic) bond motifs is 3. The van der Waals surface area contributed by atoms with Gasteiger partial charge in [-0.3, -0.25) is 4.98 Å². The summed E-state index contributed by atoms with van der Waals surface area (Å²) in [5.41, 5.74) is 6.47. The van der Waals surface area contributed by atoms with Crippen molar-refractivity contribution in [2.75, 3.05) is 5.32 Å². The lowest BCUT2D eigenvalue weighted by molar-refractivity contribution is 1.32. The molecule has 0 spiro atoms. The molecule has 26 heavy (non-hydrogen) atoms. The van der Waals surface area contributed by atoms with Crippen LogP contribution in [0.1, 0.15) is 0 Å². The number of anilines is 2. The van der Waals surface area contributed by atoms with Crippen LogP contribution >= 0.6 is 0 Å². The van der Waals surface area contributed by atoms with Gasteiger partial charge in [0.1, 0.15) is 0 Å². The minimum atomic E-state index is 0.957. The molecular formula is C23H17N3. The van der Waals surface area contributed by atoms with E-state index in [1.165, 1.54) is 10.8 Å². The number of aromatic amines is 1. The lowest BCUT2D eigenvalue weighted by atomic mass is 10.1. The normalized spacial score (nSPS) is 11.1. The fourth-order valence-electron chi connectivity index (χ4n) is 3.36. The minimum absolute atomic E-state index is 0.957. The molecule has 3 aromatic carbocycles. The highest BCUT2D eigenvalue weighted by Crippen LogP contribution is 2.30. The molecular weight excluding hydrogens is 318 g/mol. The monoisotopic (exact) mass is 335 g/mol. The number of pyridine rings is 1. The Morgan fingerprint density at radius 1 is 0.654 bits per heavy atom. The molecule has 0 fully saturated rings. The number of rotatable bonds is 3. The van der Waals surface area contributed by atoms with Gasteiger partial charge in [0.2, 0.25) is 0 Å². The first kappa shape index (κ1) is 14.7. The molecule has 0 radical (unpaired) electrons. The molecule has 5 rings (SSSR count). The van der Waals surface area contributed by atoms with Gasteiger partial charge in [-0.25, -0.2) is 0 Å². The molecule has 5 aromatic rings. The van der Waals surface area contributed by atoms with Crippen LogP contribution in [-0.2, 0) is 0 Å². The van der Waals surface area contributed by atoms with E-state index in [4.69, 9.17) is 0 Å². The largest absolute Gasteiger partial charge is 0.355 e. The number of nitrogens with one attached hydrogen (secondary N) is 2. The summed E-state index contributed by atoms with van der Waals surface area (Å²) in [6.45, 7) is 0. The van der Waals surface area contributed by atoms with Crippen LogP contribution < -0.4 is 5.32 Å². The summed E-state index contributed by atoms with van der Waals surface area (Å²) in [5, 5.41) is 5.89. The second-order valence-corrected chi connectivity index (χ2v) is 6.35. The average Bonchev–Trinajstić information content (AvgIpc) is 3.07. The maximum absolute atomic E-state index is 4.57. The molecule has 0 amide bonds. The van der Waals surface area contributed by atoms with Gasteiger partial charge in [-0.15, -0.1) is 0 Å². The van der Waals surface area contributed by atoms with Gasteiger partial charge in [-0.1, -0.05) is 42.5 Å². The first-order valence-corrected chi connectivity index (χ1v) is 8.66. The van der Waals surface area contributed by atoms with Crippen LogP contribution in [-0.4, -0.2) is 9.97 Å². The third kappa shape index (κ3) is 2.60. The molecule has 0 unspecified atom stereocenters. The van der Waals surface area contributed by atoms with Gasteiger partial charge in [0.25, 0.3) is 0 Å². The smallest absolute Gasteiger partial charge is 0.0722 e. The summed E-state index contributed by atoms with van der Waals surface area (Å²) in [6.07, 6.45) is 1.85. The fraction of sp³-hybridized carbons (Fsp3) is 0. The molecule has 3 heteroatoms. The van der Waals surface area contributed by atoms with Gasteiger partial charge in [-0.05, 0) is 42.5 Å². The zero-order valence-electron chi connectivity index (χ0n) is 14.1. The van der Waals surface area contributed by atoms with Crippen LogP contribution in [0.25, 0.3) is 33.1 Å². The summed E-state index contributed by atoms with van der Waals surface area (Å²) >= 11 is 0. The lowest BCUT2D eigenvalue weighted by Gasteiger charge is -2.08. The van der Waals surface area contributed by atoms with E-state index in [0.29, 0.717) is 0 Å². The van der Waals surface area contributed by atoms with E-state index >= 15 is 0 Å². The molecule has 3 nitrogen and oxygen atoms in total. The van der Waals surface area contributed by atoms with E-state index < -0.39 is 0 Å². The Kier molecular flexibility index (Phi) is 3.42. The maximum atomic E-state index is 4.57. The van der Waals surface area contributed by atoms with Crippen LogP contribution in [0, 0.1) is 0 Å². The molecule has 2 aromatic heterocycles. The van der Waals surface area contributed by atoms with Gasteiger partial charge >= 0.3 is 0 Å². The molecule has 2 N–H and O–H groups in total. The standard InChI is InChI=1S/C23H17N3/c1-2-6-17(7-3-1)25-18-12-13-24-23(15-18)16-10-11-22-20(14-16)19-8-4-5-9-21(19)26-22/h1-15,26H,(H,24,25). The zero-order chi connectivity index (χ0) is 17.3. The molecule has 0 bridgehead atoms. The Bertz CT molecular complexity index is 1210. The van der Waals surface area contributed by atoms with E-state index in [1.807, 2.05) is 30.5 Å². The molecule has 0 aliphatic rings. The van der Waals surface area contributed by atoms with Crippen LogP contribution in [0.5, 0.6) is 0 Å². The van der Waals surface area contributed by atoms with Crippen molar-refractivity contribution < 1.29 is 0 Å². The first-order valence-electron chi connectivity index (χ1n) is 8.66. The summed E-state index contributed by atoms with van der Waals surface area (Å²) in [7, 11) is 0. The summed E-state index contributed by atoms with van der Waals surface area (Å²) < 4.78 is 0. The van der Waals surface area contributed by atoms with Crippen LogP contribution in [0.4, 0.5) is 11.4 Å². The number of para-hydroxylation sites is 2. The number of hydrogen-bond acceptors (Lipinski definition) is 2. The molecule has 0 aliphatic heterocycles. The molecule has 124 valence electrons. The van der Waals surface area contributed by atoms with Crippen molar-refractivity contribution in [3.63, 3.8) is 0 Å². The highest BCUT2D eigenvalue weighted by Gasteiger charge is 2.07. The van der Waals surface area contributed by atoms with Crippen molar-refractivity contribution in [3.8, 4) is 11.3 Å². The quantitative estimate of drug-likeness (QED) is 0.416. The second-order valence-electron chi connectivity index (χ2n) is 6.35. The zero-order valence-corrected chi connectivity index (χ0v) is 14.1. The third-order valence-corrected chi connectivity index (χ3v) is 4.62. The highest BCUT2D eigenvalue weighted by molar-refractivity contribution is 6.08. The number of benzene rings is 3. The van der Waals surface area contributed by atoms with Crippen LogP contribution in [0.3, 0.4) is 0 Å². The number of hydrogen-bond donors (Lipinski definition) is 2. The second kappa shape index (κ2) is 6.05. The molecule has 0 aliphatic carbocycles. The van der Waals surface area contributed by atoms with E-state index in [1.54, 1.807) is 0 Å². The summed E-state index contributed by atoms with van der Waals surface area (Å²) in [6, 6.07) is 29.1. The molecule has 0 saturated heterocycles. The Morgan fingerprint density at radius 3 is 2.38 bits per heavy atom. The maximum Gasteiger partial charge on any atom is 0.0722 e. The van der Waals surface area contributed by atoms with Crippen molar-refractivity contribution in [1.82, 2.24) is 9.97 Å². The predicted octanol–water partition coefficient (Wildman–Crippen LogP) is 6.13. The van der Waals surface area contributed by atoms with Crippen molar-refractivity contribution in [2.24, 2.45) is 0 Å². The Hall–Kier alpha value is -3.59. The lowest BCUT2D eigenvalue weighted by Crippen LogP contribution is -1.91. The van der Waals surface area contributed by atoms with Crippen molar-refractivity contribution >= 4 is 33.2 Å². The van der Waals surface area contributed by atoms with Gasteiger partial charge in [-0.2, -0.15) is 0 Å². The third-order valence-electron chi connectivity index (χ3n) is 4.62. The minimum Gasteiger partial charge on any atom is -0.355 e. The van der Waals surface area contributed by atoms with Gasteiger partial charge in [0.15, 0.2) is 0 Å². The summed E-state index contributed by atoms with van der Waals surface area (Å²) in [4.78, 5) is 8.04. The van der Waals surface area contributed by atoms with E-state index in [9.17, 15) is 0 Å². The van der Waals surface area contributed by atoms with Gasteiger partial charge in [0, 0.05) is 44.9 Å². The van der Waals surface area contributed by atoms with Gasteiger partial charge in [0.05, 0.1) is 5.69 Å². The van der Waals surface area contributed by atoms with E-state index in [0.717, 1.165) is 33.7 Å². The van der Waals surface area contributed by atoms with Gasteiger partial charge < -0.3 is 10.3 Å². The topological polar surface area (TPSA) is 40.7 Å². The number of aromatic nitrogens is 2. The van der Waals surface area contributed by atoms with Crippen LogP contribution in [0.2, 0.25) is 0 Å². The summed E-state index contributed by atoms with van der Waals surface area (Å²) in [5.74, 6) is 0. The predicted molar refractivity (Wildman–Crippen MR) is 109 cm³/mol. The SMILES string of the molecule is c1ccc(Nc2ccnc(-c3ccc4[nH]c5ccccc5c4c3)c2)cc1. The molecule has 0 saturated carbocycles. The Morgan fingerprint density at radius 2 is 1.46 bits per heavy atom. The average molecular weight is 335 g/mol. The van der Waals surface area contributed by atoms with Crippen molar-refractivity contribution in [3.05, 3.63) is 91.1 Å².